The van der Waals surface area contributed by atoms with Gasteiger partial charge in [0, 0.05) is 30.4 Å². The maximum absolute atomic E-state index is 11.0. The van der Waals surface area contributed by atoms with Gasteiger partial charge in [-0.25, -0.2) is 9.97 Å². The first-order valence-corrected chi connectivity index (χ1v) is 7.32. The second-order valence-electron chi connectivity index (χ2n) is 5.55. The quantitative estimate of drug-likeness (QED) is 0.710. The molecule has 0 N–H and O–H groups in total. The third-order valence-electron chi connectivity index (χ3n) is 4.27. The number of carbonyl (C=O) groups is 1. The second-order valence-corrected chi connectivity index (χ2v) is 5.55. The molecular formula is C16H14N3O3-. The highest BCUT2D eigenvalue weighted by Crippen LogP contribution is 2.33. The lowest BCUT2D eigenvalue weighted by Gasteiger charge is -2.32. The van der Waals surface area contributed by atoms with Gasteiger partial charge in [0.2, 0.25) is 0 Å². The number of carboxylic acids is 1. The average molecular weight is 296 g/mol. The van der Waals surface area contributed by atoms with E-state index in [0.717, 1.165) is 22.3 Å². The predicted octanol–water partition coefficient (Wildman–Crippen LogP) is 1.34. The summed E-state index contributed by atoms with van der Waals surface area (Å²) in [5.74, 6) is -0.599. The number of furan rings is 1. The lowest BCUT2D eigenvalue weighted by molar-refractivity contribution is -0.312. The van der Waals surface area contributed by atoms with Crippen LogP contribution in [0.5, 0.6) is 0 Å². The number of aliphatic carboxylic acids is 1. The van der Waals surface area contributed by atoms with Gasteiger partial charge in [-0.2, -0.15) is 0 Å². The molecule has 0 unspecified atom stereocenters. The van der Waals surface area contributed by atoms with Gasteiger partial charge in [-0.15, -0.1) is 0 Å². The minimum absolute atomic E-state index is 0.371. The fourth-order valence-electron chi connectivity index (χ4n) is 3.06. The molecule has 1 aromatic carbocycles. The van der Waals surface area contributed by atoms with E-state index in [1.165, 1.54) is 6.33 Å². The summed E-state index contributed by atoms with van der Waals surface area (Å²) in [6, 6.07) is 7.75. The third-order valence-corrected chi connectivity index (χ3v) is 4.27. The normalized spacial score (nSPS) is 16.5. The molecule has 22 heavy (non-hydrogen) atoms. The number of hydrogen-bond acceptors (Lipinski definition) is 6. The Morgan fingerprint density at radius 1 is 1.23 bits per heavy atom. The number of fused-ring (bicyclic) bond motifs is 3. The number of carboxylic acid groups (broad SMARTS) is 1. The van der Waals surface area contributed by atoms with Gasteiger partial charge in [-0.3, -0.25) is 0 Å². The Morgan fingerprint density at radius 3 is 2.77 bits per heavy atom. The predicted molar refractivity (Wildman–Crippen MR) is 79.3 cm³/mol. The Balaban J connectivity index is 1.75. The number of carbonyl (C=O) groups excluding carboxylic acids is 1. The van der Waals surface area contributed by atoms with Gasteiger partial charge in [0.05, 0.1) is 0 Å². The largest absolute Gasteiger partial charge is 0.550 e. The molecule has 3 aromatic rings. The van der Waals surface area contributed by atoms with Gasteiger partial charge in [0.1, 0.15) is 17.4 Å². The second kappa shape index (κ2) is 4.98. The van der Waals surface area contributed by atoms with Gasteiger partial charge < -0.3 is 19.2 Å². The molecule has 6 heteroatoms. The summed E-state index contributed by atoms with van der Waals surface area (Å²) in [6.07, 6.45) is 2.66. The molecule has 4 rings (SSSR count). The highest BCUT2D eigenvalue weighted by molar-refractivity contribution is 6.05. The molecule has 0 saturated carbocycles. The van der Waals surface area contributed by atoms with Gasteiger partial charge in [0.25, 0.3) is 0 Å². The molecule has 1 fully saturated rings. The third kappa shape index (κ3) is 1.99. The number of piperidine rings is 1. The summed E-state index contributed by atoms with van der Waals surface area (Å²) in [5.41, 5.74) is 2.24. The van der Waals surface area contributed by atoms with Crippen LogP contribution in [0.15, 0.2) is 35.0 Å². The smallest absolute Gasteiger partial charge is 0.196 e. The number of rotatable bonds is 2. The zero-order valence-corrected chi connectivity index (χ0v) is 11.9. The van der Waals surface area contributed by atoms with Crippen molar-refractivity contribution in [3.05, 3.63) is 30.6 Å². The number of benzene rings is 1. The molecule has 0 radical (unpaired) electrons. The summed E-state index contributed by atoms with van der Waals surface area (Å²) in [5, 5.41) is 11.9. The van der Waals surface area contributed by atoms with Crippen molar-refractivity contribution in [1.29, 1.82) is 0 Å². The Bertz CT molecular complexity index is 850. The first-order valence-electron chi connectivity index (χ1n) is 7.32. The number of hydrogen-bond donors (Lipinski definition) is 0. The maximum Gasteiger partial charge on any atom is 0.196 e. The summed E-state index contributed by atoms with van der Waals surface area (Å²) >= 11 is 0. The molecule has 0 bridgehead atoms. The lowest BCUT2D eigenvalue weighted by atomic mass is 9.97. The number of anilines is 1. The van der Waals surface area contributed by atoms with Crippen LogP contribution in [0, 0.1) is 5.92 Å². The number of aromatic nitrogens is 2. The number of nitrogens with zero attached hydrogens (tertiary/aromatic N) is 3. The van der Waals surface area contributed by atoms with Crippen molar-refractivity contribution in [3.63, 3.8) is 0 Å². The van der Waals surface area contributed by atoms with Crippen LogP contribution in [0.1, 0.15) is 12.8 Å². The molecule has 1 aliphatic rings. The topological polar surface area (TPSA) is 82.3 Å². The average Bonchev–Trinajstić information content (AvgIpc) is 2.93. The van der Waals surface area contributed by atoms with E-state index >= 15 is 0 Å². The number of para-hydroxylation sites is 1. The molecule has 0 aliphatic carbocycles. The SMILES string of the molecule is O=C([O-])C1CCN(c2ncnc3c2oc2ccccc23)CC1. The van der Waals surface area contributed by atoms with Crippen LogP contribution in [0.2, 0.25) is 0 Å². The van der Waals surface area contributed by atoms with Crippen LogP contribution in [0.3, 0.4) is 0 Å². The molecular weight excluding hydrogens is 282 g/mol. The Morgan fingerprint density at radius 2 is 2.00 bits per heavy atom. The fraction of sp³-hybridized carbons (Fsp3) is 0.312. The molecule has 0 atom stereocenters. The van der Waals surface area contributed by atoms with Gasteiger partial charge in [0.15, 0.2) is 11.4 Å². The van der Waals surface area contributed by atoms with Crippen LogP contribution in [0.25, 0.3) is 22.1 Å². The van der Waals surface area contributed by atoms with Crippen molar-refractivity contribution in [3.8, 4) is 0 Å². The molecule has 3 heterocycles. The van der Waals surface area contributed by atoms with Crippen LogP contribution in [0.4, 0.5) is 5.82 Å². The van der Waals surface area contributed by atoms with E-state index < -0.39 is 5.97 Å². The van der Waals surface area contributed by atoms with Crippen LogP contribution in [-0.2, 0) is 4.79 Å². The lowest BCUT2D eigenvalue weighted by Crippen LogP contribution is -2.41. The Labute approximate surface area is 126 Å². The summed E-state index contributed by atoms with van der Waals surface area (Å²) < 4.78 is 5.92. The highest BCUT2D eigenvalue weighted by atomic mass is 16.4. The van der Waals surface area contributed by atoms with E-state index in [9.17, 15) is 9.90 Å². The Kier molecular flexibility index (Phi) is 2.96. The van der Waals surface area contributed by atoms with E-state index in [0.29, 0.717) is 31.5 Å². The van der Waals surface area contributed by atoms with Crippen LogP contribution < -0.4 is 10.0 Å². The molecule has 2 aromatic heterocycles. The van der Waals surface area contributed by atoms with Gasteiger partial charge in [-0.1, -0.05) is 12.1 Å². The summed E-state index contributed by atoms with van der Waals surface area (Å²) in [7, 11) is 0. The highest BCUT2D eigenvalue weighted by Gasteiger charge is 2.24. The molecule has 0 spiro atoms. The van der Waals surface area contributed by atoms with Crippen molar-refractivity contribution in [2.45, 2.75) is 12.8 Å². The van der Waals surface area contributed by atoms with E-state index in [1.54, 1.807) is 0 Å². The van der Waals surface area contributed by atoms with E-state index in [-0.39, 0.29) is 5.92 Å². The van der Waals surface area contributed by atoms with E-state index in [1.807, 2.05) is 24.3 Å². The first kappa shape index (κ1) is 13.1. The molecule has 6 nitrogen and oxygen atoms in total. The van der Waals surface area contributed by atoms with Crippen molar-refractivity contribution >= 4 is 33.9 Å². The van der Waals surface area contributed by atoms with Crippen molar-refractivity contribution in [1.82, 2.24) is 9.97 Å². The summed E-state index contributed by atoms with van der Waals surface area (Å²) in [6.45, 7) is 1.25. The van der Waals surface area contributed by atoms with Crippen molar-refractivity contribution in [2.24, 2.45) is 5.92 Å². The zero-order chi connectivity index (χ0) is 15.1. The maximum atomic E-state index is 11.0. The van der Waals surface area contributed by atoms with Crippen molar-refractivity contribution in [2.75, 3.05) is 18.0 Å². The van der Waals surface area contributed by atoms with Crippen LogP contribution >= 0.6 is 0 Å². The van der Waals surface area contributed by atoms with Crippen molar-refractivity contribution < 1.29 is 14.3 Å². The van der Waals surface area contributed by atoms with E-state index in [2.05, 4.69) is 14.9 Å². The minimum atomic E-state index is -0.962. The minimum Gasteiger partial charge on any atom is -0.550 e. The fourth-order valence-corrected chi connectivity index (χ4v) is 3.06. The van der Waals surface area contributed by atoms with Gasteiger partial charge >= 0.3 is 0 Å². The monoisotopic (exact) mass is 296 g/mol. The molecule has 1 aliphatic heterocycles. The van der Waals surface area contributed by atoms with Gasteiger partial charge in [-0.05, 0) is 25.0 Å². The Hall–Kier alpha value is -2.63. The molecule has 0 amide bonds. The van der Waals surface area contributed by atoms with Crippen LogP contribution in [-0.4, -0.2) is 29.0 Å². The zero-order valence-electron chi connectivity index (χ0n) is 11.9. The standard InChI is InChI=1S/C16H15N3O3/c20-16(21)10-5-7-19(8-6-10)15-14-13(17-9-18-15)11-3-1-2-4-12(11)22-14/h1-4,9-10H,5-8H2,(H,20,21)/p-1. The van der Waals surface area contributed by atoms with E-state index in [4.69, 9.17) is 4.42 Å². The molecule has 112 valence electrons. The first-order chi connectivity index (χ1) is 10.7. The molecule has 1 saturated heterocycles. The summed E-state index contributed by atoms with van der Waals surface area (Å²) in [4.78, 5) is 21.7.